The number of rotatable bonds is 5. The first kappa shape index (κ1) is 16.3. The zero-order valence-corrected chi connectivity index (χ0v) is 12.7. The fourth-order valence-corrected chi connectivity index (χ4v) is 2.51. The van der Waals surface area contributed by atoms with E-state index in [1.807, 2.05) is 0 Å². The molecule has 0 aliphatic carbocycles. The van der Waals surface area contributed by atoms with E-state index in [0.717, 1.165) is 0 Å². The van der Waals surface area contributed by atoms with E-state index in [1.165, 1.54) is 6.07 Å². The highest BCUT2D eigenvalue weighted by atomic mass is 19.1. The van der Waals surface area contributed by atoms with Crippen molar-refractivity contribution in [1.29, 1.82) is 0 Å². The van der Waals surface area contributed by atoms with Crippen molar-refractivity contribution in [2.45, 2.75) is 19.8 Å². The van der Waals surface area contributed by atoms with Crippen LogP contribution in [-0.4, -0.2) is 43.0 Å². The zero-order chi connectivity index (χ0) is 15.9. The summed E-state index contributed by atoms with van der Waals surface area (Å²) in [4.78, 5) is 25.5. The quantitative estimate of drug-likeness (QED) is 0.846. The van der Waals surface area contributed by atoms with Gasteiger partial charge in [-0.1, -0.05) is 12.1 Å². The Labute approximate surface area is 129 Å². The highest BCUT2D eigenvalue weighted by Gasteiger charge is 2.27. The van der Waals surface area contributed by atoms with E-state index in [-0.39, 0.29) is 30.2 Å². The molecule has 0 unspecified atom stereocenters. The lowest BCUT2D eigenvalue weighted by atomic mass is 9.97. The van der Waals surface area contributed by atoms with E-state index < -0.39 is 0 Å². The van der Waals surface area contributed by atoms with Crippen LogP contribution in [0.4, 0.5) is 10.1 Å². The Morgan fingerprint density at radius 3 is 2.64 bits per heavy atom. The average molecular weight is 308 g/mol. The van der Waals surface area contributed by atoms with E-state index in [9.17, 15) is 14.0 Å². The van der Waals surface area contributed by atoms with Gasteiger partial charge in [-0.05, 0) is 31.9 Å². The Bertz CT molecular complexity index is 528. The third-order valence-corrected chi connectivity index (χ3v) is 3.77. The summed E-state index contributed by atoms with van der Waals surface area (Å²) in [5, 5.41) is 2.81. The first-order chi connectivity index (χ1) is 10.6. The van der Waals surface area contributed by atoms with Crippen molar-refractivity contribution in [2.75, 3.05) is 31.6 Å². The smallest absolute Gasteiger partial charge is 0.309 e. The number of nitrogens with one attached hydrogen (secondary N) is 1. The summed E-state index contributed by atoms with van der Waals surface area (Å²) in [7, 11) is 0. The molecule has 6 heteroatoms. The Morgan fingerprint density at radius 1 is 1.32 bits per heavy atom. The molecule has 1 aromatic rings. The fraction of sp³-hybridized carbons (Fsp3) is 0.500. The van der Waals surface area contributed by atoms with Crippen molar-refractivity contribution < 1.29 is 18.7 Å². The maximum absolute atomic E-state index is 13.5. The van der Waals surface area contributed by atoms with Crippen molar-refractivity contribution in [3.63, 3.8) is 0 Å². The molecule has 0 saturated carbocycles. The van der Waals surface area contributed by atoms with Gasteiger partial charge in [-0.15, -0.1) is 0 Å². The third kappa shape index (κ3) is 4.19. The predicted octanol–water partition coefficient (Wildman–Crippen LogP) is 2.04. The molecule has 0 aromatic heterocycles. The maximum atomic E-state index is 13.5. The molecule has 1 amide bonds. The van der Waals surface area contributed by atoms with Gasteiger partial charge in [0.25, 0.3) is 0 Å². The highest BCUT2D eigenvalue weighted by molar-refractivity contribution is 5.81. The summed E-state index contributed by atoms with van der Waals surface area (Å²) in [5.74, 6) is -0.774. The second kappa shape index (κ2) is 7.77. The molecule has 1 N–H and O–H groups in total. The van der Waals surface area contributed by atoms with Crippen LogP contribution in [-0.2, 0) is 14.3 Å². The number of benzene rings is 1. The SMILES string of the molecule is CCOC(=O)C1CCN(C(=O)CNc2ccccc2F)CC1. The number of likely N-dealkylation sites (tertiary alicyclic amines) is 1. The minimum Gasteiger partial charge on any atom is -0.466 e. The van der Waals surface area contributed by atoms with Crippen LogP contribution in [0, 0.1) is 11.7 Å². The number of hydrogen-bond donors (Lipinski definition) is 1. The van der Waals surface area contributed by atoms with E-state index in [0.29, 0.717) is 38.2 Å². The molecule has 1 aliphatic heterocycles. The van der Waals surface area contributed by atoms with Crippen LogP contribution in [0.1, 0.15) is 19.8 Å². The number of amides is 1. The summed E-state index contributed by atoms with van der Waals surface area (Å²) < 4.78 is 18.5. The summed E-state index contributed by atoms with van der Waals surface area (Å²) in [5.41, 5.74) is 0.317. The summed E-state index contributed by atoms with van der Waals surface area (Å²) in [6.45, 7) is 3.27. The monoisotopic (exact) mass is 308 g/mol. The summed E-state index contributed by atoms with van der Waals surface area (Å²) in [6, 6.07) is 6.25. The van der Waals surface area contributed by atoms with Crippen molar-refractivity contribution in [3.05, 3.63) is 30.1 Å². The molecule has 22 heavy (non-hydrogen) atoms. The molecule has 2 rings (SSSR count). The molecule has 0 radical (unpaired) electrons. The Kier molecular flexibility index (Phi) is 5.75. The van der Waals surface area contributed by atoms with Crippen molar-refractivity contribution in [1.82, 2.24) is 4.90 Å². The Hall–Kier alpha value is -2.11. The van der Waals surface area contributed by atoms with E-state index in [2.05, 4.69) is 5.32 Å². The Balaban J connectivity index is 1.78. The second-order valence-corrected chi connectivity index (χ2v) is 5.24. The molecule has 120 valence electrons. The Morgan fingerprint density at radius 2 is 2.00 bits per heavy atom. The lowest BCUT2D eigenvalue weighted by Gasteiger charge is -2.31. The molecule has 1 heterocycles. The molecule has 1 aromatic carbocycles. The number of piperidine rings is 1. The molecule has 1 fully saturated rings. The van der Waals surface area contributed by atoms with Crippen LogP contribution >= 0.6 is 0 Å². The minimum absolute atomic E-state index is 0.0466. The average Bonchev–Trinajstić information content (AvgIpc) is 2.54. The van der Waals surface area contributed by atoms with Crippen LogP contribution in [0.5, 0.6) is 0 Å². The van der Waals surface area contributed by atoms with Gasteiger partial charge in [-0.2, -0.15) is 0 Å². The lowest BCUT2D eigenvalue weighted by Crippen LogP contribution is -2.43. The van der Waals surface area contributed by atoms with Crippen molar-refractivity contribution >= 4 is 17.6 Å². The number of carbonyl (C=O) groups is 2. The number of ether oxygens (including phenoxy) is 1. The predicted molar refractivity (Wildman–Crippen MR) is 80.8 cm³/mol. The topological polar surface area (TPSA) is 58.6 Å². The fourth-order valence-electron chi connectivity index (χ4n) is 2.51. The molecule has 0 atom stereocenters. The summed E-state index contributed by atoms with van der Waals surface area (Å²) >= 11 is 0. The molecular formula is C16H21FN2O3. The van der Waals surface area contributed by atoms with Gasteiger partial charge in [0.05, 0.1) is 24.8 Å². The number of carbonyl (C=O) groups excluding carboxylic acids is 2. The number of hydrogen-bond acceptors (Lipinski definition) is 4. The summed E-state index contributed by atoms with van der Waals surface area (Å²) in [6.07, 6.45) is 1.23. The highest BCUT2D eigenvalue weighted by Crippen LogP contribution is 2.19. The minimum atomic E-state index is -0.378. The van der Waals surface area contributed by atoms with Gasteiger partial charge >= 0.3 is 5.97 Å². The first-order valence-electron chi connectivity index (χ1n) is 7.54. The van der Waals surface area contributed by atoms with Crippen LogP contribution in [0.2, 0.25) is 0 Å². The van der Waals surface area contributed by atoms with Gasteiger partial charge in [-0.25, -0.2) is 4.39 Å². The van der Waals surface area contributed by atoms with E-state index in [1.54, 1.807) is 30.0 Å². The van der Waals surface area contributed by atoms with E-state index in [4.69, 9.17) is 4.74 Å². The zero-order valence-electron chi connectivity index (χ0n) is 12.7. The standard InChI is InChI=1S/C16H21FN2O3/c1-2-22-16(21)12-7-9-19(10-8-12)15(20)11-18-14-6-4-3-5-13(14)17/h3-6,12,18H,2,7-11H2,1H3. The molecule has 0 bridgehead atoms. The number of nitrogens with zero attached hydrogens (tertiary/aromatic N) is 1. The van der Waals surface area contributed by atoms with Crippen LogP contribution in [0.3, 0.4) is 0 Å². The normalized spacial score (nSPS) is 15.5. The lowest BCUT2D eigenvalue weighted by molar-refractivity contribution is -0.151. The number of esters is 1. The van der Waals surface area contributed by atoms with Crippen molar-refractivity contribution in [2.24, 2.45) is 5.92 Å². The molecule has 1 aliphatic rings. The molecule has 1 saturated heterocycles. The van der Waals surface area contributed by atoms with Crippen LogP contribution in [0.15, 0.2) is 24.3 Å². The van der Waals surface area contributed by atoms with Gasteiger partial charge < -0.3 is 15.0 Å². The van der Waals surface area contributed by atoms with Gasteiger partial charge in [0.15, 0.2) is 0 Å². The van der Waals surface area contributed by atoms with Crippen molar-refractivity contribution in [3.8, 4) is 0 Å². The first-order valence-corrected chi connectivity index (χ1v) is 7.54. The van der Waals surface area contributed by atoms with Gasteiger partial charge in [0, 0.05) is 13.1 Å². The molecule has 0 spiro atoms. The number of anilines is 1. The molecular weight excluding hydrogens is 287 g/mol. The van der Waals surface area contributed by atoms with Crippen LogP contribution < -0.4 is 5.32 Å². The number of para-hydroxylation sites is 1. The van der Waals surface area contributed by atoms with Gasteiger partial charge in [0.1, 0.15) is 5.82 Å². The largest absolute Gasteiger partial charge is 0.466 e. The maximum Gasteiger partial charge on any atom is 0.309 e. The second-order valence-electron chi connectivity index (χ2n) is 5.24. The van der Waals surface area contributed by atoms with Gasteiger partial charge in [-0.3, -0.25) is 9.59 Å². The van der Waals surface area contributed by atoms with Gasteiger partial charge in [0.2, 0.25) is 5.91 Å². The number of halogens is 1. The van der Waals surface area contributed by atoms with E-state index >= 15 is 0 Å². The van der Waals surface area contributed by atoms with Crippen LogP contribution in [0.25, 0.3) is 0 Å². The third-order valence-electron chi connectivity index (χ3n) is 3.77. The molecule has 5 nitrogen and oxygen atoms in total.